The van der Waals surface area contributed by atoms with Crippen LogP contribution in [-0.4, -0.2) is 120 Å². The van der Waals surface area contributed by atoms with Gasteiger partial charge in [0.05, 0.1) is 33.6 Å². The van der Waals surface area contributed by atoms with Gasteiger partial charge < -0.3 is 15.4 Å². The van der Waals surface area contributed by atoms with Crippen LogP contribution >= 0.6 is 0 Å². The standard InChI is InChI=1S/C21H23N5O4S.C20H21N5O5S/c27-20(25-28)18-12-23-21(24-13-18)22-11-15-4-3-9-26(14-15)31(29,30)19-8-7-16-5-1-2-6-17(16)10-19;26-19(24-27)16-10-21-20(22-11-16)23-12-17-13-25(7-8-30-17)31(28,29)18-6-5-14-3-1-2-4-15(14)9-18/h1-2,5-8,10,12-13,15,28H,3-4,9,11,14H2,(H,25,27)(H,22,23,24);1-6,9-11,17,27H,7-8,12-13H2,(H,24,26)(H,21,22,23). The third kappa shape index (κ3) is 10.5. The number of benzene rings is 4. The van der Waals surface area contributed by atoms with E-state index >= 15 is 0 Å². The molecule has 19 nitrogen and oxygen atoms in total. The zero-order chi connectivity index (χ0) is 43.7. The molecule has 2 fully saturated rings. The normalized spacial score (nSPS) is 17.4. The fraction of sp³-hybridized carbons (Fsp3) is 0.268. The number of aromatic nitrogens is 4. The van der Waals surface area contributed by atoms with Gasteiger partial charge in [0.1, 0.15) is 0 Å². The number of carbonyl (C=O) groups is 2. The first-order valence-corrected chi connectivity index (χ1v) is 22.4. The van der Waals surface area contributed by atoms with Crippen molar-refractivity contribution in [1.29, 1.82) is 0 Å². The van der Waals surface area contributed by atoms with E-state index in [0.29, 0.717) is 30.5 Å². The molecular formula is C41H44N10O9S2. The lowest BCUT2D eigenvalue weighted by Crippen LogP contribution is -2.47. The average molecular weight is 885 g/mol. The van der Waals surface area contributed by atoms with E-state index in [2.05, 4.69) is 30.6 Å². The number of morpholine rings is 1. The first-order chi connectivity index (χ1) is 29.9. The second kappa shape index (κ2) is 19.7. The molecule has 2 aliphatic heterocycles. The fourth-order valence-electron chi connectivity index (χ4n) is 7.04. The van der Waals surface area contributed by atoms with Crippen LogP contribution in [0.4, 0.5) is 11.9 Å². The maximum Gasteiger partial charge on any atom is 0.277 e. The highest BCUT2D eigenvalue weighted by molar-refractivity contribution is 7.89. The number of amides is 2. The number of anilines is 2. The molecule has 62 heavy (non-hydrogen) atoms. The topological polar surface area (TPSA) is 258 Å². The quantitative estimate of drug-likeness (QED) is 0.0759. The van der Waals surface area contributed by atoms with E-state index in [-0.39, 0.29) is 54.1 Å². The van der Waals surface area contributed by atoms with Gasteiger partial charge in [-0.25, -0.2) is 47.7 Å². The van der Waals surface area contributed by atoms with E-state index in [4.69, 9.17) is 15.2 Å². The molecule has 0 spiro atoms. The van der Waals surface area contributed by atoms with E-state index in [1.54, 1.807) is 34.6 Å². The van der Waals surface area contributed by atoms with Gasteiger partial charge in [0, 0.05) is 64.1 Å². The van der Waals surface area contributed by atoms with E-state index in [1.165, 1.54) is 40.1 Å². The third-order valence-corrected chi connectivity index (χ3v) is 14.1. The number of fused-ring (bicyclic) bond motifs is 2. The van der Waals surface area contributed by atoms with Crippen molar-refractivity contribution in [3.05, 3.63) is 121 Å². The van der Waals surface area contributed by atoms with Crippen molar-refractivity contribution in [3.63, 3.8) is 0 Å². The Morgan fingerprint density at radius 2 is 1.10 bits per heavy atom. The number of hydroxylamine groups is 2. The summed E-state index contributed by atoms with van der Waals surface area (Å²) in [6.45, 7) is 2.43. The van der Waals surface area contributed by atoms with Crippen LogP contribution < -0.4 is 21.6 Å². The van der Waals surface area contributed by atoms with Gasteiger partial charge in [-0.1, -0.05) is 60.7 Å². The summed E-state index contributed by atoms with van der Waals surface area (Å²) in [5.74, 6) is -0.699. The molecule has 4 aromatic carbocycles. The highest BCUT2D eigenvalue weighted by Gasteiger charge is 2.32. The summed E-state index contributed by atoms with van der Waals surface area (Å²) >= 11 is 0. The minimum Gasteiger partial charge on any atom is -0.374 e. The van der Waals surface area contributed by atoms with Gasteiger partial charge in [-0.15, -0.1) is 0 Å². The lowest BCUT2D eigenvalue weighted by Gasteiger charge is -2.32. The maximum atomic E-state index is 13.2. The maximum absolute atomic E-state index is 13.2. The first-order valence-electron chi connectivity index (χ1n) is 19.5. The molecule has 2 aliphatic rings. The SMILES string of the molecule is O=C(NO)c1cnc(NCC2CCCN(S(=O)(=O)c3ccc4ccccc4c3)C2)nc1.O=C(NO)c1cnc(NCC2CN(S(=O)(=O)c3ccc4ccccc4c3)CCO2)nc1. The second-order valence-corrected chi connectivity index (χ2v) is 18.4. The highest BCUT2D eigenvalue weighted by atomic mass is 32.2. The van der Waals surface area contributed by atoms with Crippen molar-refractivity contribution < 1.29 is 41.6 Å². The number of piperidine rings is 1. The number of hydrogen-bond acceptors (Lipinski definition) is 15. The Morgan fingerprint density at radius 3 is 1.60 bits per heavy atom. The predicted octanol–water partition coefficient (Wildman–Crippen LogP) is 3.51. The van der Waals surface area contributed by atoms with Crippen molar-refractivity contribution in [3.8, 4) is 0 Å². The Morgan fingerprint density at radius 1 is 0.629 bits per heavy atom. The summed E-state index contributed by atoms with van der Waals surface area (Å²) in [6, 6.07) is 25.6. The second-order valence-electron chi connectivity index (χ2n) is 14.5. The summed E-state index contributed by atoms with van der Waals surface area (Å²) in [7, 11) is -7.24. The number of hydrogen-bond donors (Lipinski definition) is 6. The Labute approximate surface area is 357 Å². The molecule has 0 bridgehead atoms. The Kier molecular flexibility index (Phi) is 13.9. The minimum atomic E-state index is -3.66. The molecular weight excluding hydrogens is 841 g/mol. The summed E-state index contributed by atoms with van der Waals surface area (Å²) in [4.78, 5) is 39.3. The molecule has 8 rings (SSSR count). The molecule has 0 saturated carbocycles. The van der Waals surface area contributed by atoms with Crippen molar-refractivity contribution in [1.82, 2.24) is 39.5 Å². The fourth-order valence-corrected chi connectivity index (χ4v) is 10.1. The van der Waals surface area contributed by atoms with Gasteiger partial charge in [0.15, 0.2) is 0 Å². The first kappa shape index (κ1) is 43.9. The summed E-state index contributed by atoms with van der Waals surface area (Å²) in [6.07, 6.45) is 6.40. The van der Waals surface area contributed by atoms with Crippen LogP contribution in [0.15, 0.2) is 120 Å². The molecule has 324 valence electrons. The van der Waals surface area contributed by atoms with Crippen molar-refractivity contribution in [2.45, 2.75) is 28.7 Å². The van der Waals surface area contributed by atoms with Crippen LogP contribution in [-0.2, 0) is 24.8 Å². The van der Waals surface area contributed by atoms with Gasteiger partial charge >= 0.3 is 0 Å². The molecule has 2 unspecified atom stereocenters. The third-order valence-electron chi connectivity index (χ3n) is 10.4. The number of carbonyl (C=O) groups excluding carboxylic acids is 2. The molecule has 21 heteroatoms. The van der Waals surface area contributed by atoms with Crippen LogP contribution in [0.1, 0.15) is 33.6 Å². The van der Waals surface area contributed by atoms with E-state index in [9.17, 15) is 26.4 Å². The average Bonchev–Trinajstić information content (AvgIpc) is 3.32. The van der Waals surface area contributed by atoms with Gasteiger partial charge in [-0.2, -0.15) is 8.61 Å². The summed E-state index contributed by atoms with van der Waals surface area (Å²) < 4.78 is 61.4. The van der Waals surface area contributed by atoms with Crippen LogP contribution in [0.25, 0.3) is 21.5 Å². The van der Waals surface area contributed by atoms with Crippen molar-refractivity contribution in [2.75, 3.05) is 56.5 Å². The Bertz CT molecular complexity index is 2560. The minimum absolute atomic E-state index is 0.105. The zero-order valence-electron chi connectivity index (χ0n) is 33.2. The van der Waals surface area contributed by atoms with Gasteiger partial charge in [0.2, 0.25) is 31.9 Å². The smallest absolute Gasteiger partial charge is 0.277 e. The highest BCUT2D eigenvalue weighted by Crippen LogP contribution is 2.27. The number of sulfonamides is 2. The molecule has 2 aromatic heterocycles. The van der Waals surface area contributed by atoms with Crippen molar-refractivity contribution in [2.24, 2.45) is 5.92 Å². The van der Waals surface area contributed by atoms with E-state index in [1.807, 2.05) is 54.6 Å². The summed E-state index contributed by atoms with van der Waals surface area (Å²) in [5.41, 5.74) is 3.27. The zero-order valence-corrected chi connectivity index (χ0v) is 34.8. The Hall–Kier alpha value is -6.20. The molecule has 2 amide bonds. The molecule has 6 N–H and O–H groups in total. The van der Waals surface area contributed by atoms with Gasteiger partial charge in [-0.05, 0) is 64.6 Å². The van der Waals surface area contributed by atoms with Gasteiger partial charge in [-0.3, -0.25) is 20.0 Å². The number of nitrogens with one attached hydrogen (secondary N) is 4. The number of ether oxygens (including phenoxy) is 1. The number of nitrogens with zero attached hydrogens (tertiary/aromatic N) is 6. The largest absolute Gasteiger partial charge is 0.374 e. The van der Waals surface area contributed by atoms with E-state index < -0.39 is 38.0 Å². The van der Waals surface area contributed by atoms with E-state index in [0.717, 1.165) is 34.4 Å². The van der Waals surface area contributed by atoms with Crippen LogP contribution in [0, 0.1) is 5.92 Å². The summed E-state index contributed by atoms with van der Waals surface area (Å²) in [5, 5.41) is 27.1. The van der Waals surface area contributed by atoms with Crippen LogP contribution in [0.3, 0.4) is 0 Å². The van der Waals surface area contributed by atoms with Crippen molar-refractivity contribution >= 4 is 65.3 Å². The number of rotatable bonds is 12. The Balaban J connectivity index is 0.000000186. The molecule has 6 aromatic rings. The lowest BCUT2D eigenvalue weighted by atomic mass is 10.00. The molecule has 4 heterocycles. The lowest BCUT2D eigenvalue weighted by molar-refractivity contribution is 0.00674. The molecule has 2 saturated heterocycles. The van der Waals surface area contributed by atoms with Crippen LogP contribution in [0.5, 0.6) is 0 Å². The molecule has 0 aliphatic carbocycles. The van der Waals surface area contributed by atoms with Crippen LogP contribution in [0.2, 0.25) is 0 Å². The van der Waals surface area contributed by atoms with Gasteiger partial charge in [0.25, 0.3) is 11.8 Å². The predicted molar refractivity (Wildman–Crippen MR) is 227 cm³/mol. The molecule has 2 atom stereocenters. The molecule has 0 radical (unpaired) electrons. The monoisotopic (exact) mass is 884 g/mol.